The maximum atomic E-state index is 13.0. The number of hydrogen-bond acceptors (Lipinski definition) is 3. The van der Waals surface area contributed by atoms with Gasteiger partial charge >= 0.3 is 0 Å². The number of thioether (sulfide) groups is 1. The summed E-state index contributed by atoms with van der Waals surface area (Å²) in [6.45, 7) is 7.09. The number of amides is 1. The minimum absolute atomic E-state index is 0.162. The van der Waals surface area contributed by atoms with Crippen molar-refractivity contribution in [3.8, 4) is 0 Å². The van der Waals surface area contributed by atoms with Crippen LogP contribution in [-0.2, 0) is 4.79 Å². The summed E-state index contributed by atoms with van der Waals surface area (Å²) < 4.78 is 0. The van der Waals surface area contributed by atoms with Crippen molar-refractivity contribution in [2.24, 2.45) is 0 Å². The third-order valence-electron chi connectivity index (χ3n) is 4.57. The molecule has 132 valence electrons. The van der Waals surface area contributed by atoms with Gasteiger partial charge in [-0.15, -0.1) is 11.8 Å². The van der Waals surface area contributed by atoms with E-state index in [1.54, 1.807) is 0 Å². The van der Waals surface area contributed by atoms with Gasteiger partial charge in [-0.25, -0.2) is 0 Å². The van der Waals surface area contributed by atoms with Crippen molar-refractivity contribution < 1.29 is 4.79 Å². The SMILES string of the molecule is CCN(CC)CC(=O)N1C[C@H](c2ccc(Cl)cc2)Sc2ccccc21. The lowest BCUT2D eigenvalue weighted by molar-refractivity contribution is -0.119. The topological polar surface area (TPSA) is 23.6 Å². The second kappa shape index (κ2) is 8.26. The molecule has 1 amide bonds. The Morgan fingerprint density at radius 2 is 1.84 bits per heavy atom. The summed E-state index contributed by atoms with van der Waals surface area (Å²) in [5, 5.41) is 0.951. The van der Waals surface area contributed by atoms with E-state index in [-0.39, 0.29) is 11.2 Å². The predicted octanol–water partition coefficient (Wildman–Crippen LogP) is 4.86. The van der Waals surface area contributed by atoms with Crippen LogP contribution >= 0.6 is 23.4 Å². The van der Waals surface area contributed by atoms with E-state index >= 15 is 0 Å². The molecule has 1 aliphatic rings. The summed E-state index contributed by atoms with van der Waals surface area (Å²) in [4.78, 5) is 18.2. The van der Waals surface area contributed by atoms with Gasteiger partial charge in [0.25, 0.3) is 0 Å². The van der Waals surface area contributed by atoms with Crippen LogP contribution in [-0.4, -0.2) is 37.0 Å². The Balaban J connectivity index is 1.88. The monoisotopic (exact) mass is 374 g/mol. The highest BCUT2D eigenvalue weighted by atomic mass is 35.5. The van der Waals surface area contributed by atoms with Crippen LogP contribution in [0.25, 0.3) is 0 Å². The van der Waals surface area contributed by atoms with Crippen LogP contribution in [0.15, 0.2) is 53.4 Å². The van der Waals surface area contributed by atoms with Crippen molar-refractivity contribution in [3.05, 3.63) is 59.1 Å². The highest BCUT2D eigenvalue weighted by Gasteiger charge is 2.30. The molecule has 0 radical (unpaired) electrons. The Labute approximate surface area is 159 Å². The van der Waals surface area contributed by atoms with Gasteiger partial charge in [0.05, 0.1) is 17.5 Å². The van der Waals surface area contributed by atoms with Gasteiger partial charge in [0.15, 0.2) is 0 Å². The van der Waals surface area contributed by atoms with Crippen molar-refractivity contribution in [2.45, 2.75) is 24.0 Å². The Bertz CT molecular complexity index is 731. The van der Waals surface area contributed by atoms with Gasteiger partial charge in [-0.05, 0) is 42.9 Å². The van der Waals surface area contributed by atoms with Gasteiger partial charge < -0.3 is 4.90 Å². The molecule has 0 bridgehead atoms. The normalized spacial score (nSPS) is 16.8. The van der Waals surface area contributed by atoms with E-state index in [4.69, 9.17) is 11.6 Å². The molecule has 0 spiro atoms. The quantitative estimate of drug-likeness (QED) is 0.746. The Hall–Kier alpha value is -1.49. The Kier molecular flexibility index (Phi) is 6.05. The molecule has 0 saturated heterocycles. The highest BCUT2D eigenvalue weighted by Crippen LogP contribution is 2.45. The van der Waals surface area contributed by atoms with Crippen molar-refractivity contribution in [1.29, 1.82) is 0 Å². The number of hydrogen-bond donors (Lipinski definition) is 0. The molecule has 0 aromatic heterocycles. The van der Waals surface area contributed by atoms with Crippen molar-refractivity contribution >= 4 is 35.0 Å². The lowest BCUT2D eigenvalue weighted by Gasteiger charge is -2.35. The molecule has 1 heterocycles. The number of para-hydroxylation sites is 1. The molecule has 1 aliphatic heterocycles. The fourth-order valence-electron chi connectivity index (χ4n) is 3.05. The van der Waals surface area contributed by atoms with Gasteiger partial charge in [0, 0.05) is 16.5 Å². The largest absolute Gasteiger partial charge is 0.309 e. The van der Waals surface area contributed by atoms with Crippen LogP contribution in [0.4, 0.5) is 5.69 Å². The van der Waals surface area contributed by atoms with E-state index in [1.807, 2.05) is 47.0 Å². The Morgan fingerprint density at radius 1 is 1.16 bits per heavy atom. The first-order chi connectivity index (χ1) is 12.1. The molecule has 0 N–H and O–H groups in total. The van der Waals surface area contributed by atoms with Crippen molar-refractivity contribution in [2.75, 3.05) is 31.1 Å². The molecule has 0 fully saturated rings. The van der Waals surface area contributed by atoms with Crippen molar-refractivity contribution in [1.82, 2.24) is 4.90 Å². The molecule has 1 atom stereocenters. The molecule has 3 nitrogen and oxygen atoms in total. The predicted molar refractivity (Wildman–Crippen MR) is 107 cm³/mol. The molecular formula is C20H23ClN2OS. The number of carbonyl (C=O) groups excluding carboxylic acids is 1. The molecule has 0 unspecified atom stereocenters. The van der Waals surface area contributed by atoms with E-state index in [0.29, 0.717) is 13.1 Å². The first kappa shape index (κ1) is 18.3. The van der Waals surface area contributed by atoms with E-state index in [2.05, 4.69) is 36.9 Å². The lowest BCUT2D eigenvalue weighted by atomic mass is 10.1. The van der Waals surface area contributed by atoms with Crippen LogP contribution in [0.3, 0.4) is 0 Å². The minimum Gasteiger partial charge on any atom is -0.309 e. The number of benzene rings is 2. The maximum Gasteiger partial charge on any atom is 0.241 e. The second-order valence-electron chi connectivity index (χ2n) is 6.09. The fraction of sp³-hybridized carbons (Fsp3) is 0.350. The lowest BCUT2D eigenvalue weighted by Crippen LogP contribution is -2.43. The molecular weight excluding hydrogens is 352 g/mol. The van der Waals surface area contributed by atoms with Gasteiger partial charge in [-0.1, -0.05) is 49.7 Å². The fourth-order valence-corrected chi connectivity index (χ4v) is 4.45. The zero-order valence-electron chi connectivity index (χ0n) is 14.6. The third-order valence-corrected chi connectivity index (χ3v) is 6.13. The zero-order chi connectivity index (χ0) is 17.8. The van der Waals surface area contributed by atoms with E-state index < -0.39 is 0 Å². The number of likely N-dealkylation sites (N-methyl/N-ethyl adjacent to an activating group) is 1. The summed E-state index contributed by atoms with van der Waals surface area (Å²) >= 11 is 7.84. The average Bonchev–Trinajstić information content (AvgIpc) is 2.65. The van der Waals surface area contributed by atoms with Crippen LogP contribution in [0.2, 0.25) is 5.02 Å². The van der Waals surface area contributed by atoms with E-state index in [0.717, 1.165) is 28.7 Å². The summed E-state index contributed by atoms with van der Waals surface area (Å²) in [5.74, 6) is 0.162. The Morgan fingerprint density at radius 3 is 2.52 bits per heavy atom. The molecule has 3 rings (SSSR count). The molecule has 25 heavy (non-hydrogen) atoms. The van der Waals surface area contributed by atoms with Gasteiger partial charge in [-0.2, -0.15) is 0 Å². The molecule has 5 heteroatoms. The van der Waals surface area contributed by atoms with Gasteiger partial charge in [0.1, 0.15) is 0 Å². The molecule has 0 saturated carbocycles. The summed E-state index contributed by atoms with van der Waals surface area (Å²) in [6.07, 6.45) is 0. The first-order valence-electron chi connectivity index (χ1n) is 8.66. The standard InChI is InChI=1S/C20H23ClN2OS/c1-3-22(4-2)14-20(24)23-13-19(15-9-11-16(21)12-10-15)25-18-8-6-5-7-17(18)23/h5-12,19H,3-4,13-14H2,1-2H3/t19-/m1/s1. The number of nitrogens with zero attached hydrogens (tertiary/aromatic N) is 2. The minimum atomic E-state index is 0.162. The second-order valence-corrected chi connectivity index (χ2v) is 7.77. The molecule has 0 aliphatic carbocycles. The molecule has 2 aromatic carbocycles. The molecule has 2 aromatic rings. The number of halogens is 1. The smallest absolute Gasteiger partial charge is 0.241 e. The zero-order valence-corrected chi connectivity index (χ0v) is 16.2. The van der Waals surface area contributed by atoms with Crippen LogP contribution in [0, 0.1) is 0 Å². The first-order valence-corrected chi connectivity index (χ1v) is 9.92. The average molecular weight is 375 g/mol. The van der Waals surface area contributed by atoms with E-state index in [1.165, 1.54) is 5.56 Å². The van der Waals surface area contributed by atoms with E-state index in [9.17, 15) is 4.79 Å². The maximum absolute atomic E-state index is 13.0. The summed E-state index contributed by atoms with van der Waals surface area (Å²) in [6, 6.07) is 16.1. The number of rotatable bonds is 5. The summed E-state index contributed by atoms with van der Waals surface area (Å²) in [5.41, 5.74) is 2.22. The number of carbonyl (C=O) groups is 1. The van der Waals surface area contributed by atoms with Gasteiger partial charge in [0.2, 0.25) is 5.91 Å². The number of anilines is 1. The van der Waals surface area contributed by atoms with Gasteiger partial charge in [-0.3, -0.25) is 9.69 Å². The third kappa shape index (κ3) is 4.20. The number of fused-ring (bicyclic) bond motifs is 1. The summed E-state index contributed by atoms with van der Waals surface area (Å²) in [7, 11) is 0. The van der Waals surface area contributed by atoms with Crippen LogP contribution < -0.4 is 4.90 Å². The highest BCUT2D eigenvalue weighted by molar-refractivity contribution is 7.99. The van der Waals surface area contributed by atoms with Crippen molar-refractivity contribution in [3.63, 3.8) is 0 Å². The van der Waals surface area contributed by atoms with Crippen LogP contribution in [0.1, 0.15) is 24.7 Å². The van der Waals surface area contributed by atoms with Crippen LogP contribution in [0.5, 0.6) is 0 Å².